The van der Waals surface area contributed by atoms with Crippen molar-refractivity contribution in [1.29, 1.82) is 0 Å². The first-order valence-electron chi connectivity index (χ1n) is 6.22. The summed E-state index contributed by atoms with van der Waals surface area (Å²) in [5, 5.41) is 5.08. The van der Waals surface area contributed by atoms with Gasteiger partial charge in [-0.2, -0.15) is 0 Å². The van der Waals surface area contributed by atoms with E-state index >= 15 is 0 Å². The van der Waals surface area contributed by atoms with Crippen LogP contribution in [0.4, 0.5) is 0 Å². The Morgan fingerprint density at radius 2 is 2.00 bits per heavy atom. The second kappa shape index (κ2) is 4.90. The highest BCUT2D eigenvalue weighted by Crippen LogP contribution is 2.26. The van der Waals surface area contributed by atoms with Crippen LogP contribution in [0.1, 0.15) is 11.7 Å². The number of morpholine rings is 1. The summed E-state index contributed by atoms with van der Waals surface area (Å²) in [4.78, 5) is 11.1. The number of rotatable bonds is 2. The number of fused-ring (bicyclic) bond motifs is 1. The van der Waals surface area contributed by atoms with Crippen molar-refractivity contribution in [2.45, 2.75) is 6.10 Å². The van der Waals surface area contributed by atoms with Crippen LogP contribution in [-0.2, 0) is 9.53 Å². The Labute approximate surface area is 111 Å². The zero-order chi connectivity index (χ0) is 13.2. The molecule has 0 saturated carbocycles. The van der Waals surface area contributed by atoms with E-state index in [0.29, 0.717) is 6.54 Å². The molecule has 0 unspecified atom stereocenters. The summed E-state index contributed by atoms with van der Waals surface area (Å²) in [5.74, 6) is 0.795. The van der Waals surface area contributed by atoms with Gasteiger partial charge < -0.3 is 14.8 Å². The lowest BCUT2D eigenvalue weighted by molar-refractivity contribution is -0.133. The van der Waals surface area contributed by atoms with E-state index in [2.05, 4.69) is 11.4 Å². The Morgan fingerprint density at radius 3 is 2.74 bits per heavy atom. The van der Waals surface area contributed by atoms with Crippen molar-refractivity contribution in [1.82, 2.24) is 5.32 Å². The monoisotopic (exact) mass is 257 g/mol. The van der Waals surface area contributed by atoms with Crippen LogP contribution in [0.3, 0.4) is 0 Å². The van der Waals surface area contributed by atoms with E-state index in [4.69, 9.17) is 9.47 Å². The van der Waals surface area contributed by atoms with E-state index < -0.39 is 0 Å². The molecule has 0 aromatic heterocycles. The maximum absolute atomic E-state index is 11.1. The minimum atomic E-state index is -0.0656. The molecular weight excluding hydrogens is 242 g/mol. The zero-order valence-corrected chi connectivity index (χ0v) is 10.7. The van der Waals surface area contributed by atoms with Gasteiger partial charge in [0, 0.05) is 6.54 Å². The topological polar surface area (TPSA) is 47.6 Å². The minimum absolute atomic E-state index is 0.0539. The fraction of sp³-hybridized carbons (Fsp3) is 0.267. The van der Waals surface area contributed by atoms with Gasteiger partial charge in [0.2, 0.25) is 5.91 Å². The summed E-state index contributed by atoms with van der Waals surface area (Å²) >= 11 is 0. The number of hydrogen-bond donors (Lipinski definition) is 1. The van der Waals surface area contributed by atoms with Gasteiger partial charge in [-0.3, -0.25) is 4.79 Å². The molecule has 3 rings (SSSR count). The van der Waals surface area contributed by atoms with Crippen molar-refractivity contribution >= 4 is 16.7 Å². The normalized spacial score (nSPS) is 19.2. The summed E-state index contributed by atoms with van der Waals surface area (Å²) in [6.45, 7) is 0.659. The van der Waals surface area contributed by atoms with Crippen molar-refractivity contribution < 1.29 is 14.3 Å². The third-order valence-electron chi connectivity index (χ3n) is 3.34. The third-order valence-corrected chi connectivity index (χ3v) is 3.34. The number of ether oxygens (including phenoxy) is 2. The molecule has 1 saturated heterocycles. The van der Waals surface area contributed by atoms with Gasteiger partial charge in [0.25, 0.3) is 0 Å². The lowest BCUT2D eigenvalue weighted by Gasteiger charge is -2.23. The summed E-state index contributed by atoms with van der Waals surface area (Å²) in [6, 6.07) is 12.1. The van der Waals surface area contributed by atoms with Crippen LogP contribution in [0.5, 0.6) is 5.75 Å². The average molecular weight is 257 g/mol. The maximum atomic E-state index is 11.1. The predicted octanol–water partition coefficient (Wildman–Crippen LogP) is 2.04. The van der Waals surface area contributed by atoms with Crippen molar-refractivity contribution in [2.75, 3.05) is 20.3 Å². The molecule has 2 aromatic carbocycles. The quantitative estimate of drug-likeness (QED) is 0.895. The fourth-order valence-electron chi connectivity index (χ4n) is 2.28. The Kier molecular flexibility index (Phi) is 3.09. The van der Waals surface area contributed by atoms with E-state index in [1.54, 1.807) is 7.11 Å². The summed E-state index contributed by atoms with van der Waals surface area (Å²) in [5.41, 5.74) is 1.08. The maximum Gasteiger partial charge on any atom is 0.246 e. The van der Waals surface area contributed by atoms with Crippen molar-refractivity contribution in [3.63, 3.8) is 0 Å². The zero-order valence-electron chi connectivity index (χ0n) is 10.7. The van der Waals surface area contributed by atoms with Crippen LogP contribution in [-0.4, -0.2) is 26.2 Å². The molecule has 2 aromatic rings. The van der Waals surface area contributed by atoms with Crippen LogP contribution in [0.2, 0.25) is 0 Å². The molecule has 1 atom stereocenters. The number of carbonyl (C=O) groups is 1. The first-order valence-corrected chi connectivity index (χ1v) is 6.22. The van der Waals surface area contributed by atoms with Gasteiger partial charge in [-0.1, -0.05) is 18.2 Å². The van der Waals surface area contributed by atoms with Gasteiger partial charge in [-0.25, -0.2) is 0 Å². The molecule has 1 N–H and O–H groups in total. The molecule has 1 heterocycles. The Balaban J connectivity index is 1.91. The van der Waals surface area contributed by atoms with Crippen LogP contribution in [0, 0.1) is 0 Å². The second-order valence-electron chi connectivity index (χ2n) is 4.58. The highest BCUT2D eigenvalue weighted by Gasteiger charge is 2.20. The molecule has 1 aliphatic rings. The van der Waals surface area contributed by atoms with E-state index in [-0.39, 0.29) is 18.6 Å². The van der Waals surface area contributed by atoms with Gasteiger partial charge in [0.05, 0.1) is 7.11 Å². The fourth-order valence-corrected chi connectivity index (χ4v) is 2.28. The second-order valence-corrected chi connectivity index (χ2v) is 4.58. The van der Waals surface area contributed by atoms with Crippen LogP contribution < -0.4 is 10.1 Å². The van der Waals surface area contributed by atoms with E-state index in [1.165, 1.54) is 0 Å². The average Bonchev–Trinajstić information content (AvgIpc) is 2.47. The molecule has 19 heavy (non-hydrogen) atoms. The first kappa shape index (κ1) is 12.0. The van der Waals surface area contributed by atoms with E-state index in [0.717, 1.165) is 22.1 Å². The molecule has 4 heteroatoms. The van der Waals surface area contributed by atoms with Crippen molar-refractivity contribution in [3.05, 3.63) is 42.0 Å². The molecule has 0 aliphatic carbocycles. The van der Waals surface area contributed by atoms with Crippen LogP contribution in [0.25, 0.3) is 10.8 Å². The van der Waals surface area contributed by atoms with Gasteiger partial charge in [-0.15, -0.1) is 0 Å². The number of hydrogen-bond acceptors (Lipinski definition) is 3. The summed E-state index contributed by atoms with van der Waals surface area (Å²) in [6.07, 6.45) is -0.0656. The van der Waals surface area contributed by atoms with Gasteiger partial charge in [0.1, 0.15) is 18.5 Å². The standard InChI is InChI=1S/C15H15NO3/c1-18-13-5-4-10-6-12(3-2-11(10)7-13)14-8-16-15(17)9-19-14/h2-7,14H,8-9H2,1H3,(H,16,17)/t14-/m1/s1. The lowest BCUT2D eigenvalue weighted by Crippen LogP contribution is -2.38. The molecule has 1 fully saturated rings. The number of methoxy groups -OCH3 is 1. The summed E-state index contributed by atoms with van der Waals surface area (Å²) < 4.78 is 10.7. The van der Waals surface area contributed by atoms with Crippen LogP contribution >= 0.6 is 0 Å². The molecule has 0 bridgehead atoms. The summed E-state index contributed by atoms with van der Waals surface area (Å²) in [7, 11) is 1.66. The molecule has 1 amide bonds. The third kappa shape index (κ3) is 2.39. The highest BCUT2D eigenvalue weighted by atomic mass is 16.5. The number of amides is 1. The highest BCUT2D eigenvalue weighted by molar-refractivity contribution is 5.84. The predicted molar refractivity (Wildman–Crippen MR) is 72.2 cm³/mol. The SMILES string of the molecule is COc1ccc2cc([C@H]3CNC(=O)CO3)ccc2c1. The van der Waals surface area contributed by atoms with Crippen molar-refractivity contribution in [3.8, 4) is 5.75 Å². The van der Waals surface area contributed by atoms with E-state index in [1.807, 2.05) is 30.3 Å². The number of benzene rings is 2. The minimum Gasteiger partial charge on any atom is -0.497 e. The first-order chi connectivity index (χ1) is 9.26. The van der Waals surface area contributed by atoms with E-state index in [9.17, 15) is 4.79 Å². The lowest BCUT2D eigenvalue weighted by atomic mass is 10.0. The number of carbonyl (C=O) groups excluding carboxylic acids is 1. The molecule has 4 nitrogen and oxygen atoms in total. The Hall–Kier alpha value is -2.07. The Bertz CT molecular complexity index is 614. The molecular formula is C15H15NO3. The number of nitrogens with one attached hydrogen (secondary N) is 1. The van der Waals surface area contributed by atoms with Gasteiger partial charge in [-0.05, 0) is 34.5 Å². The Morgan fingerprint density at radius 1 is 1.21 bits per heavy atom. The molecule has 0 spiro atoms. The smallest absolute Gasteiger partial charge is 0.246 e. The van der Waals surface area contributed by atoms with Crippen molar-refractivity contribution in [2.24, 2.45) is 0 Å². The van der Waals surface area contributed by atoms with Gasteiger partial charge >= 0.3 is 0 Å². The molecule has 1 aliphatic heterocycles. The largest absolute Gasteiger partial charge is 0.497 e. The molecule has 0 radical (unpaired) electrons. The molecule has 98 valence electrons. The van der Waals surface area contributed by atoms with Crippen LogP contribution in [0.15, 0.2) is 36.4 Å². The van der Waals surface area contributed by atoms with Gasteiger partial charge in [0.15, 0.2) is 0 Å².